The van der Waals surface area contributed by atoms with Crippen LogP contribution in [0.15, 0.2) is 94.9 Å². The predicted molar refractivity (Wildman–Crippen MR) is 113 cm³/mol. The van der Waals surface area contributed by atoms with Gasteiger partial charge in [-0.2, -0.15) is 5.10 Å². The summed E-state index contributed by atoms with van der Waals surface area (Å²) < 4.78 is 3.95. The van der Waals surface area contributed by atoms with Gasteiger partial charge >= 0.3 is 5.69 Å². The SMILES string of the molecule is O=C(Cn1c(=O)ccn(Cc2ccccc2)c1=O)Nc1ccccc1-n1cccn1. The van der Waals surface area contributed by atoms with Crippen LogP contribution in [-0.2, 0) is 17.9 Å². The number of carbonyl (C=O) groups excluding carboxylic acids is 1. The summed E-state index contributed by atoms with van der Waals surface area (Å²) in [5, 5.41) is 6.94. The van der Waals surface area contributed by atoms with E-state index in [9.17, 15) is 14.4 Å². The molecular weight excluding hydrogens is 382 g/mol. The van der Waals surface area contributed by atoms with Crippen molar-refractivity contribution in [3.8, 4) is 5.69 Å². The second-order valence-electron chi connectivity index (χ2n) is 6.65. The third kappa shape index (κ3) is 4.12. The molecule has 4 rings (SSSR count). The molecule has 0 aliphatic carbocycles. The van der Waals surface area contributed by atoms with E-state index in [1.165, 1.54) is 16.8 Å². The van der Waals surface area contributed by atoms with Crippen LogP contribution in [0.25, 0.3) is 5.69 Å². The van der Waals surface area contributed by atoms with E-state index in [0.29, 0.717) is 17.9 Å². The lowest BCUT2D eigenvalue weighted by Gasteiger charge is -2.12. The fraction of sp³-hybridized carbons (Fsp3) is 0.0909. The Labute approximate surface area is 171 Å². The van der Waals surface area contributed by atoms with Crippen LogP contribution in [0.3, 0.4) is 0 Å². The molecule has 0 saturated carbocycles. The third-order valence-corrected chi connectivity index (χ3v) is 4.57. The summed E-state index contributed by atoms with van der Waals surface area (Å²) in [4.78, 5) is 37.6. The normalized spacial score (nSPS) is 10.7. The van der Waals surface area contributed by atoms with Crippen molar-refractivity contribution in [1.29, 1.82) is 0 Å². The molecular formula is C22H19N5O3. The van der Waals surface area contributed by atoms with E-state index >= 15 is 0 Å². The Morgan fingerprint density at radius 3 is 2.43 bits per heavy atom. The Balaban J connectivity index is 1.57. The lowest BCUT2D eigenvalue weighted by Crippen LogP contribution is -2.41. The van der Waals surface area contributed by atoms with Crippen molar-refractivity contribution in [2.24, 2.45) is 0 Å². The number of nitrogens with one attached hydrogen (secondary N) is 1. The zero-order valence-electron chi connectivity index (χ0n) is 16.0. The van der Waals surface area contributed by atoms with Crippen LogP contribution in [0.4, 0.5) is 5.69 Å². The van der Waals surface area contributed by atoms with Crippen molar-refractivity contribution in [3.63, 3.8) is 0 Å². The number of amides is 1. The molecule has 0 bridgehead atoms. The van der Waals surface area contributed by atoms with Gasteiger partial charge < -0.3 is 5.32 Å². The highest BCUT2D eigenvalue weighted by atomic mass is 16.2. The average Bonchev–Trinajstić information content (AvgIpc) is 3.29. The van der Waals surface area contributed by atoms with Crippen molar-refractivity contribution in [2.45, 2.75) is 13.1 Å². The number of carbonyl (C=O) groups is 1. The summed E-state index contributed by atoms with van der Waals surface area (Å²) in [5.41, 5.74) is 1.06. The predicted octanol–water partition coefficient (Wildman–Crippen LogP) is 1.88. The molecule has 30 heavy (non-hydrogen) atoms. The van der Waals surface area contributed by atoms with Crippen LogP contribution in [0, 0.1) is 0 Å². The van der Waals surface area contributed by atoms with Crippen molar-refractivity contribution in [3.05, 3.63) is 112 Å². The number of aromatic nitrogens is 4. The van der Waals surface area contributed by atoms with Crippen LogP contribution >= 0.6 is 0 Å². The van der Waals surface area contributed by atoms with Crippen LogP contribution in [0.5, 0.6) is 0 Å². The van der Waals surface area contributed by atoms with Gasteiger partial charge in [0.15, 0.2) is 0 Å². The number of rotatable bonds is 6. The fourth-order valence-electron chi connectivity index (χ4n) is 3.13. The lowest BCUT2D eigenvalue weighted by molar-refractivity contribution is -0.116. The second-order valence-corrected chi connectivity index (χ2v) is 6.65. The Bertz CT molecular complexity index is 1270. The molecule has 1 amide bonds. The monoisotopic (exact) mass is 401 g/mol. The first-order valence-corrected chi connectivity index (χ1v) is 9.35. The van der Waals surface area contributed by atoms with E-state index in [1.807, 2.05) is 42.5 Å². The molecule has 0 aliphatic heterocycles. The Hall–Kier alpha value is -4.20. The van der Waals surface area contributed by atoms with E-state index in [2.05, 4.69) is 10.4 Å². The number of anilines is 1. The highest BCUT2D eigenvalue weighted by Gasteiger charge is 2.13. The third-order valence-electron chi connectivity index (χ3n) is 4.57. The van der Waals surface area contributed by atoms with Gasteiger partial charge in [-0.3, -0.25) is 18.7 Å². The average molecular weight is 401 g/mol. The Kier molecular flexibility index (Phi) is 5.38. The van der Waals surface area contributed by atoms with Crippen LogP contribution in [0.2, 0.25) is 0 Å². The summed E-state index contributed by atoms with van der Waals surface area (Å²) >= 11 is 0. The molecule has 8 nitrogen and oxygen atoms in total. The van der Waals surface area contributed by atoms with Crippen LogP contribution in [0.1, 0.15) is 5.56 Å². The molecule has 0 saturated heterocycles. The van der Waals surface area contributed by atoms with Gasteiger partial charge in [0, 0.05) is 24.7 Å². The van der Waals surface area contributed by atoms with E-state index in [-0.39, 0.29) is 6.54 Å². The molecule has 8 heteroatoms. The van der Waals surface area contributed by atoms with Gasteiger partial charge in [0.05, 0.1) is 17.9 Å². The molecule has 2 aromatic heterocycles. The van der Waals surface area contributed by atoms with Crippen molar-refractivity contribution >= 4 is 11.6 Å². The molecule has 4 aromatic rings. The smallest absolute Gasteiger partial charge is 0.323 e. The highest BCUT2D eigenvalue weighted by molar-refractivity contribution is 5.92. The first-order chi connectivity index (χ1) is 14.6. The molecule has 2 aromatic carbocycles. The number of nitrogens with zero attached hydrogens (tertiary/aromatic N) is 4. The first-order valence-electron chi connectivity index (χ1n) is 9.35. The van der Waals surface area contributed by atoms with E-state index in [1.54, 1.807) is 35.3 Å². The van der Waals surface area contributed by atoms with Crippen LogP contribution < -0.4 is 16.6 Å². The summed E-state index contributed by atoms with van der Waals surface area (Å²) in [6.07, 6.45) is 4.84. The molecule has 2 heterocycles. The van der Waals surface area contributed by atoms with Gasteiger partial charge in [-0.05, 0) is 23.8 Å². The highest BCUT2D eigenvalue weighted by Crippen LogP contribution is 2.18. The number of benzene rings is 2. The first kappa shape index (κ1) is 19.1. The maximum atomic E-state index is 12.8. The maximum absolute atomic E-state index is 12.8. The lowest BCUT2D eigenvalue weighted by atomic mass is 10.2. The minimum absolute atomic E-state index is 0.309. The largest absolute Gasteiger partial charge is 0.331 e. The molecule has 0 aliphatic rings. The summed E-state index contributed by atoms with van der Waals surface area (Å²) in [6.45, 7) is -0.0789. The quantitative estimate of drug-likeness (QED) is 0.534. The van der Waals surface area contributed by atoms with Gasteiger partial charge in [0.2, 0.25) is 5.91 Å². The van der Waals surface area contributed by atoms with Crippen molar-refractivity contribution in [2.75, 3.05) is 5.32 Å². The topological polar surface area (TPSA) is 90.9 Å². The van der Waals surface area contributed by atoms with E-state index < -0.39 is 17.2 Å². The summed E-state index contributed by atoms with van der Waals surface area (Å²) in [5.74, 6) is -0.480. The number of para-hydroxylation sites is 2. The fourth-order valence-corrected chi connectivity index (χ4v) is 3.13. The van der Waals surface area contributed by atoms with Gasteiger partial charge in [0.1, 0.15) is 6.54 Å². The number of hydrogen-bond acceptors (Lipinski definition) is 4. The van der Waals surface area contributed by atoms with E-state index in [4.69, 9.17) is 0 Å². The maximum Gasteiger partial charge on any atom is 0.331 e. The van der Waals surface area contributed by atoms with Gasteiger partial charge in [-0.15, -0.1) is 0 Å². The minimum Gasteiger partial charge on any atom is -0.323 e. The Morgan fingerprint density at radius 1 is 0.900 bits per heavy atom. The second kappa shape index (κ2) is 8.44. The summed E-state index contributed by atoms with van der Waals surface area (Å²) in [6, 6.07) is 19.6. The molecule has 150 valence electrons. The van der Waals surface area contributed by atoms with Gasteiger partial charge in [0.25, 0.3) is 5.56 Å². The van der Waals surface area contributed by atoms with E-state index in [0.717, 1.165) is 10.1 Å². The van der Waals surface area contributed by atoms with Crippen molar-refractivity contribution in [1.82, 2.24) is 18.9 Å². The number of hydrogen-bond donors (Lipinski definition) is 1. The molecule has 0 atom stereocenters. The van der Waals surface area contributed by atoms with Gasteiger partial charge in [-0.25, -0.2) is 9.48 Å². The molecule has 1 N–H and O–H groups in total. The molecule has 0 radical (unpaired) electrons. The zero-order valence-corrected chi connectivity index (χ0v) is 16.0. The van der Waals surface area contributed by atoms with Gasteiger partial charge in [-0.1, -0.05) is 42.5 Å². The summed E-state index contributed by atoms with van der Waals surface area (Å²) in [7, 11) is 0. The molecule has 0 spiro atoms. The van der Waals surface area contributed by atoms with Crippen LogP contribution in [-0.4, -0.2) is 24.8 Å². The molecule has 0 fully saturated rings. The zero-order chi connectivity index (χ0) is 20.9. The standard InChI is InChI=1S/C22H19N5O3/c28-20(24-18-9-4-5-10-19(18)27-13-6-12-23-27)16-26-21(29)11-14-25(22(26)30)15-17-7-2-1-3-8-17/h1-14H,15-16H2,(H,24,28). The van der Waals surface area contributed by atoms with Crippen molar-refractivity contribution < 1.29 is 4.79 Å². The Morgan fingerprint density at radius 2 is 1.67 bits per heavy atom. The molecule has 0 unspecified atom stereocenters. The minimum atomic E-state index is -0.540.